The fourth-order valence-electron chi connectivity index (χ4n) is 3.49. The molecule has 3 aromatic rings. The van der Waals surface area contributed by atoms with Crippen LogP contribution in [-0.4, -0.2) is 16.8 Å². The molecule has 0 fully saturated rings. The molecule has 0 aromatic heterocycles. The highest BCUT2D eigenvalue weighted by Crippen LogP contribution is 2.42. The minimum Gasteiger partial charge on any atom is -0.494 e. The van der Waals surface area contributed by atoms with Gasteiger partial charge in [-0.2, -0.15) is 0 Å². The highest BCUT2D eigenvalue weighted by atomic mass is 28.1. The first-order valence-electron chi connectivity index (χ1n) is 10.1. The van der Waals surface area contributed by atoms with Crippen molar-refractivity contribution in [1.82, 2.24) is 0 Å². The minimum absolute atomic E-state index is 0.183. The molecule has 0 spiro atoms. The van der Waals surface area contributed by atoms with E-state index in [9.17, 15) is 4.39 Å². The second-order valence-corrected chi connectivity index (χ2v) is 10.9. The monoisotopic (exact) mass is 408 g/mol. The number of hydrogen-bond acceptors (Lipinski definition) is 2. The molecule has 3 aromatic carbocycles. The molecule has 0 aliphatic heterocycles. The standard InChI is InChI=1S/C25H29FO2Si/c1-4-27-20-13-11-19(12-14-20)22(25(2,3)29)16-18-10-15-23(26)24(17-18)28-21-8-6-5-7-9-21/h5-15,17,22H,4,16H2,1-3,29H3. The zero-order valence-electron chi connectivity index (χ0n) is 17.6. The van der Waals surface area contributed by atoms with Crippen LogP contribution >= 0.6 is 0 Å². The zero-order chi connectivity index (χ0) is 20.9. The Labute approximate surface area is 176 Å². The van der Waals surface area contributed by atoms with Gasteiger partial charge in [0.1, 0.15) is 11.5 Å². The number of hydrogen-bond donors (Lipinski definition) is 0. The molecule has 1 unspecified atom stereocenters. The molecule has 0 radical (unpaired) electrons. The molecule has 0 bridgehead atoms. The molecular weight excluding hydrogens is 379 g/mol. The van der Waals surface area contributed by atoms with Gasteiger partial charge < -0.3 is 9.47 Å². The van der Waals surface area contributed by atoms with Crippen LogP contribution in [0.25, 0.3) is 0 Å². The van der Waals surface area contributed by atoms with Gasteiger partial charge in [-0.15, -0.1) is 0 Å². The molecule has 3 rings (SSSR count). The molecule has 0 aliphatic rings. The predicted octanol–water partition coefficient (Wildman–Crippen LogP) is 5.91. The van der Waals surface area contributed by atoms with E-state index in [1.54, 1.807) is 0 Å². The van der Waals surface area contributed by atoms with Crippen molar-refractivity contribution in [3.05, 3.63) is 89.7 Å². The maximum absolute atomic E-state index is 14.3. The van der Waals surface area contributed by atoms with Crippen molar-refractivity contribution in [2.24, 2.45) is 0 Å². The molecule has 29 heavy (non-hydrogen) atoms. The first-order valence-corrected chi connectivity index (χ1v) is 11.1. The fraction of sp³-hybridized carbons (Fsp3) is 0.280. The van der Waals surface area contributed by atoms with Crippen molar-refractivity contribution in [2.45, 2.75) is 38.1 Å². The third kappa shape index (κ3) is 5.70. The van der Waals surface area contributed by atoms with Gasteiger partial charge in [-0.05, 0) is 71.8 Å². The summed E-state index contributed by atoms with van der Waals surface area (Å²) in [6, 6.07) is 22.9. The van der Waals surface area contributed by atoms with Gasteiger partial charge in [0.25, 0.3) is 0 Å². The Hall–Kier alpha value is -2.59. The summed E-state index contributed by atoms with van der Waals surface area (Å²) in [5, 5.41) is 0.183. The Kier molecular flexibility index (Phi) is 6.75. The Bertz CT molecular complexity index is 918. The van der Waals surface area contributed by atoms with E-state index in [2.05, 4.69) is 26.0 Å². The second-order valence-electron chi connectivity index (χ2n) is 8.30. The van der Waals surface area contributed by atoms with E-state index in [1.807, 2.05) is 61.5 Å². The van der Waals surface area contributed by atoms with Crippen LogP contribution in [0.15, 0.2) is 72.8 Å². The highest BCUT2D eigenvalue weighted by molar-refractivity contribution is 6.15. The summed E-state index contributed by atoms with van der Waals surface area (Å²) < 4.78 is 25.7. The lowest BCUT2D eigenvalue weighted by atomic mass is 9.82. The van der Waals surface area contributed by atoms with Gasteiger partial charge in [0.05, 0.1) is 6.61 Å². The lowest BCUT2D eigenvalue weighted by Gasteiger charge is -2.31. The molecule has 4 heteroatoms. The summed E-state index contributed by atoms with van der Waals surface area (Å²) in [4.78, 5) is 0. The molecule has 0 saturated carbocycles. The van der Waals surface area contributed by atoms with Crippen LogP contribution in [0.2, 0.25) is 5.04 Å². The SMILES string of the molecule is CCOc1ccc(C(Cc2ccc(F)c(Oc3ccccc3)c2)C(C)(C)[SiH3])cc1. The largest absolute Gasteiger partial charge is 0.494 e. The van der Waals surface area contributed by atoms with E-state index >= 15 is 0 Å². The number of benzene rings is 3. The van der Waals surface area contributed by atoms with Gasteiger partial charge in [0.15, 0.2) is 11.6 Å². The van der Waals surface area contributed by atoms with Gasteiger partial charge >= 0.3 is 0 Å². The number of rotatable bonds is 8. The van der Waals surface area contributed by atoms with Crippen molar-refractivity contribution >= 4 is 10.2 Å². The van der Waals surface area contributed by atoms with Gasteiger partial charge in [-0.3, -0.25) is 0 Å². The van der Waals surface area contributed by atoms with E-state index in [0.717, 1.165) is 28.0 Å². The average molecular weight is 409 g/mol. The van der Waals surface area contributed by atoms with Gasteiger partial charge in [-0.1, -0.05) is 50.2 Å². The Morgan fingerprint density at radius 2 is 1.62 bits per heavy atom. The van der Waals surface area contributed by atoms with Crippen LogP contribution in [0.5, 0.6) is 17.2 Å². The van der Waals surface area contributed by atoms with E-state index in [0.29, 0.717) is 18.3 Å². The number of para-hydroxylation sites is 1. The molecule has 0 amide bonds. The summed E-state index contributed by atoms with van der Waals surface area (Å²) >= 11 is 0. The third-order valence-electron chi connectivity index (χ3n) is 5.05. The molecule has 152 valence electrons. The van der Waals surface area contributed by atoms with E-state index in [4.69, 9.17) is 9.47 Å². The summed E-state index contributed by atoms with van der Waals surface area (Å²) in [6.07, 6.45) is 0.829. The molecule has 2 nitrogen and oxygen atoms in total. The molecule has 0 aliphatic carbocycles. The quantitative estimate of drug-likeness (QED) is 0.432. The fourth-order valence-corrected chi connectivity index (χ4v) is 4.03. The van der Waals surface area contributed by atoms with E-state index < -0.39 is 0 Å². The normalized spacial score (nSPS) is 12.6. The maximum atomic E-state index is 14.3. The summed E-state index contributed by atoms with van der Waals surface area (Å²) in [6.45, 7) is 7.24. The van der Waals surface area contributed by atoms with Crippen molar-refractivity contribution in [1.29, 1.82) is 0 Å². The van der Waals surface area contributed by atoms with Crippen LogP contribution in [0, 0.1) is 5.82 Å². The number of halogens is 1. The molecule has 1 atom stereocenters. The maximum Gasteiger partial charge on any atom is 0.165 e. The number of ether oxygens (including phenoxy) is 2. The van der Waals surface area contributed by atoms with Gasteiger partial charge in [0, 0.05) is 10.2 Å². The predicted molar refractivity (Wildman–Crippen MR) is 121 cm³/mol. The Balaban J connectivity index is 1.85. The zero-order valence-corrected chi connectivity index (χ0v) is 19.6. The van der Waals surface area contributed by atoms with Crippen molar-refractivity contribution in [3.8, 4) is 17.2 Å². The van der Waals surface area contributed by atoms with Crippen molar-refractivity contribution < 1.29 is 13.9 Å². The molecule has 0 heterocycles. The summed E-state index contributed by atoms with van der Waals surface area (Å²) in [7, 11) is 1.05. The van der Waals surface area contributed by atoms with Gasteiger partial charge in [0.2, 0.25) is 0 Å². The van der Waals surface area contributed by atoms with Crippen molar-refractivity contribution in [3.63, 3.8) is 0 Å². The summed E-state index contributed by atoms with van der Waals surface area (Å²) in [5.74, 6) is 1.78. The van der Waals surface area contributed by atoms with Crippen LogP contribution in [-0.2, 0) is 6.42 Å². The van der Waals surface area contributed by atoms with Crippen LogP contribution in [0.4, 0.5) is 4.39 Å². The van der Waals surface area contributed by atoms with Crippen LogP contribution < -0.4 is 9.47 Å². The molecule has 0 saturated heterocycles. The van der Waals surface area contributed by atoms with Crippen LogP contribution in [0.3, 0.4) is 0 Å². The van der Waals surface area contributed by atoms with Gasteiger partial charge in [-0.25, -0.2) is 4.39 Å². The van der Waals surface area contributed by atoms with Crippen LogP contribution in [0.1, 0.15) is 37.8 Å². The van der Waals surface area contributed by atoms with E-state index in [1.165, 1.54) is 11.6 Å². The Morgan fingerprint density at radius 1 is 0.931 bits per heavy atom. The molecular formula is C25H29FO2Si. The first-order chi connectivity index (χ1) is 13.9. The minimum atomic E-state index is -0.347. The first kappa shape index (κ1) is 21.1. The second kappa shape index (κ2) is 9.27. The smallest absolute Gasteiger partial charge is 0.165 e. The third-order valence-corrected chi connectivity index (χ3v) is 5.74. The topological polar surface area (TPSA) is 18.5 Å². The lowest BCUT2D eigenvalue weighted by Crippen LogP contribution is -2.18. The molecule has 0 N–H and O–H groups in total. The highest BCUT2D eigenvalue weighted by Gasteiger charge is 2.27. The lowest BCUT2D eigenvalue weighted by molar-refractivity contribution is 0.340. The summed E-state index contributed by atoms with van der Waals surface area (Å²) in [5.41, 5.74) is 2.35. The van der Waals surface area contributed by atoms with Crippen molar-refractivity contribution in [2.75, 3.05) is 6.61 Å². The Morgan fingerprint density at radius 3 is 2.24 bits per heavy atom. The van der Waals surface area contributed by atoms with E-state index in [-0.39, 0.29) is 16.6 Å². The average Bonchev–Trinajstić information content (AvgIpc) is 2.69.